The lowest BCUT2D eigenvalue weighted by atomic mass is 9.85. The number of rotatable bonds is 25. The van der Waals surface area contributed by atoms with Gasteiger partial charge in [-0.2, -0.15) is 0 Å². The second-order valence-corrected chi connectivity index (χ2v) is 17.6. The van der Waals surface area contributed by atoms with E-state index in [1.54, 1.807) is 45.9 Å². The lowest BCUT2D eigenvalue weighted by molar-refractivity contribution is -0.148. The van der Waals surface area contributed by atoms with Crippen molar-refractivity contribution in [1.29, 1.82) is 0 Å². The fourth-order valence-corrected chi connectivity index (χ4v) is 8.10. The van der Waals surface area contributed by atoms with Crippen molar-refractivity contribution in [3.63, 3.8) is 0 Å². The minimum absolute atomic E-state index is 0.0959. The second kappa shape index (κ2) is 17.6. The monoisotopic (exact) mass is 750 g/mol. The van der Waals surface area contributed by atoms with Crippen LogP contribution in [-0.4, -0.2) is 54.5 Å². The molecule has 2 fully saturated rings. The third-order valence-electron chi connectivity index (χ3n) is 12.5. The predicted octanol–water partition coefficient (Wildman–Crippen LogP) is 9.29. The van der Waals surface area contributed by atoms with Crippen LogP contribution in [-0.2, 0) is 44.9 Å². The van der Waals surface area contributed by atoms with Gasteiger partial charge in [0.05, 0.1) is 21.7 Å². The minimum atomic E-state index is -0.966. The first-order valence-electron chi connectivity index (χ1n) is 19.9. The Balaban J connectivity index is 1.40. The van der Waals surface area contributed by atoms with Crippen LogP contribution in [0.25, 0.3) is 0 Å². The zero-order valence-corrected chi connectivity index (χ0v) is 32.7. The molecule has 2 aliphatic carbocycles. The van der Waals surface area contributed by atoms with E-state index in [0.29, 0.717) is 63.4 Å². The summed E-state index contributed by atoms with van der Waals surface area (Å²) >= 11 is 0. The molecule has 10 heteroatoms. The zero-order chi connectivity index (χ0) is 39.9. The molecule has 2 unspecified atom stereocenters. The van der Waals surface area contributed by atoms with Gasteiger partial charge in [0.15, 0.2) is 0 Å². The molecular weight excluding hydrogens is 688 g/mol. The smallest absolute Gasteiger partial charge is 0.310 e. The average molecular weight is 751 g/mol. The second-order valence-electron chi connectivity index (χ2n) is 17.6. The van der Waals surface area contributed by atoms with Crippen molar-refractivity contribution >= 4 is 23.9 Å². The van der Waals surface area contributed by atoms with E-state index < -0.39 is 45.5 Å². The topological polar surface area (TPSA) is 190 Å². The molecule has 2 atom stereocenters. The van der Waals surface area contributed by atoms with Gasteiger partial charge in [0.25, 0.3) is 0 Å². The average Bonchev–Trinajstić information content (AvgIpc) is 4.03. The zero-order valence-electron chi connectivity index (χ0n) is 32.7. The number of benzene rings is 2. The summed E-state index contributed by atoms with van der Waals surface area (Å²) in [6.07, 6.45) is 12.9. The van der Waals surface area contributed by atoms with E-state index in [4.69, 9.17) is 0 Å². The fourth-order valence-electron chi connectivity index (χ4n) is 8.10. The summed E-state index contributed by atoms with van der Waals surface area (Å²) in [5.41, 5.74) is 1.63. The van der Waals surface area contributed by atoms with Crippen molar-refractivity contribution in [2.24, 2.45) is 21.7 Å². The first kappa shape index (κ1) is 42.7. The Morgan fingerprint density at radius 3 is 1.59 bits per heavy atom. The third kappa shape index (κ3) is 10.8. The highest BCUT2D eigenvalue weighted by molar-refractivity contribution is 5.81. The maximum Gasteiger partial charge on any atom is 0.310 e. The molecule has 54 heavy (non-hydrogen) atoms. The molecule has 0 spiro atoms. The van der Waals surface area contributed by atoms with Crippen LogP contribution in [0.4, 0.5) is 0 Å². The van der Waals surface area contributed by atoms with E-state index in [1.165, 1.54) is 0 Å². The molecule has 298 valence electrons. The SMILES string of the molecule is CC(C)(CCCCc1cc(C2CC2(CCCCc2ccc(O)cc2CCCCC(C)(C)C(=O)O)C(=O)O)c(O)cc1CCCCC1(C(=O)O)CC1)C(=O)O. The van der Waals surface area contributed by atoms with E-state index in [0.717, 1.165) is 86.5 Å². The Labute approximate surface area is 320 Å². The van der Waals surface area contributed by atoms with Crippen LogP contribution in [0.15, 0.2) is 30.3 Å². The Kier molecular flexibility index (Phi) is 13.9. The highest BCUT2D eigenvalue weighted by Gasteiger charge is 2.61. The van der Waals surface area contributed by atoms with Gasteiger partial charge in [-0.3, -0.25) is 19.2 Å². The molecule has 0 saturated heterocycles. The van der Waals surface area contributed by atoms with Gasteiger partial charge >= 0.3 is 23.9 Å². The first-order valence-corrected chi connectivity index (χ1v) is 19.9. The Hall–Kier alpha value is -4.08. The quantitative estimate of drug-likeness (QED) is 0.0534. The molecule has 6 N–H and O–H groups in total. The summed E-state index contributed by atoms with van der Waals surface area (Å²) in [6.45, 7) is 6.90. The molecule has 2 saturated carbocycles. The van der Waals surface area contributed by atoms with Crippen molar-refractivity contribution in [1.82, 2.24) is 0 Å². The van der Waals surface area contributed by atoms with Crippen molar-refractivity contribution in [3.8, 4) is 11.5 Å². The van der Waals surface area contributed by atoms with Crippen molar-refractivity contribution in [2.45, 2.75) is 156 Å². The van der Waals surface area contributed by atoms with Crippen LogP contribution in [0.1, 0.15) is 158 Å². The normalized spacial score (nSPS) is 19.0. The van der Waals surface area contributed by atoms with Gasteiger partial charge in [-0.15, -0.1) is 0 Å². The predicted molar refractivity (Wildman–Crippen MR) is 206 cm³/mol. The number of carboxylic acid groups (broad SMARTS) is 4. The van der Waals surface area contributed by atoms with Gasteiger partial charge < -0.3 is 30.6 Å². The maximum atomic E-state index is 12.8. The summed E-state index contributed by atoms with van der Waals surface area (Å²) in [5, 5.41) is 60.4. The van der Waals surface area contributed by atoms with E-state index in [-0.39, 0.29) is 17.4 Å². The fraction of sp³-hybridized carbons (Fsp3) is 0.636. The van der Waals surface area contributed by atoms with Crippen LogP contribution >= 0.6 is 0 Å². The number of aryl methyl sites for hydroxylation is 4. The number of unbranched alkanes of at least 4 members (excludes halogenated alkanes) is 4. The van der Waals surface area contributed by atoms with Gasteiger partial charge in [0, 0.05) is 5.92 Å². The summed E-state index contributed by atoms with van der Waals surface area (Å²) in [5.74, 6) is -3.28. The summed E-state index contributed by atoms with van der Waals surface area (Å²) < 4.78 is 0. The number of hydrogen-bond acceptors (Lipinski definition) is 6. The third-order valence-corrected chi connectivity index (χ3v) is 12.5. The van der Waals surface area contributed by atoms with Gasteiger partial charge in [-0.1, -0.05) is 37.8 Å². The van der Waals surface area contributed by atoms with Crippen LogP contribution in [0.5, 0.6) is 11.5 Å². The molecule has 2 aliphatic rings. The van der Waals surface area contributed by atoms with E-state index in [2.05, 4.69) is 0 Å². The Morgan fingerprint density at radius 2 is 1.09 bits per heavy atom. The van der Waals surface area contributed by atoms with Crippen LogP contribution < -0.4 is 0 Å². The molecule has 0 aromatic heterocycles. The standard InChI is InChI=1S/C44H62O10/c1-41(2,37(47)48)19-9-5-14-30-25-33(45)18-17-29(30)13-8-12-22-44(40(53)54)28-35(44)34-26-31(15-6-10-20-42(3,4)38(49)50)32(27-36(34)46)16-7-11-21-43(23-24-43)39(51)52/h17-18,25-27,35,45-46H,5-16,19-24,28H2,1-4H3,(H,47,48)(H,49,50)(H,51,52)(H,53,54). The first-order chi connectivity index (χ1) is 25.3. The van der Waals surface area contributed by atoms with Crippen molar-refractivity contribution in [2.75, 3.05) is 0 Å². The number of aromatic hydroxyl groups is 2. The summed E-state index contributed by atoms with van der Waals surface area (Å²) in [7, 11) is 0. The van der Waals surface area contributed by atoms with Crippen LogP contribution in [0.2, 0.25) is 0 Å². The van der Waals surface area contributed by atoms with E-state index in [1.807, 2.05) is 12.1 Å². The van der Waals surface area contributed by atoms with Crippen LogP contribution in [0.3, 0.4) is 0 Å². The van der Waals surface area contributed by atoms with Gasteiger partial charge in [-0.05, 0) is 170 Å². The molecule has 0 aliphatic heterocycles. The van der Waals surface area contributed by atoms with Crippen molar-refractivity contribution in [3.05, 3.63) is 58.1 Å². The molecule has 0 amide bonds. The lowest BCUT2D eigenvalue weighted by Gasteiger charge is -2.20. The maximum absolute atomic E-state index is 12.8. The number of phenolic OH excluding ortho intramolecular Hbond substituents is 2. The molecule has 0 radical (unpaired) electrons. The molecule has 0 bridgehead atoms. The highest BCUT2D eigenvalue weighted by Crippen LogP contribution is 2.64. The van der Waals surface area contributed by atoms with Gasteiger partial charge in [-0.25, -0.2) is 0 Å². The molecule has 0 heterocycles. The van der Waals surface area contributed by atoms with E-state index in [9.17, 15) is 49.8 Å². The molecule has 2 aromatic rings. The largest absolute Gasteiger partial charge is 0.508 e. The number of aliphatic carboxylic acids is 4. The summed E-state index contributed by atoms with van der Waals surface area (Å²) in [6, 6.07) is 9.10. The highest BCUT2D eigenvalue weighted by atomic mass is 16.4. The Bertz CT molecular complexity index is 1670. The minimum Gasteiger partial charge on any atom is -0.508 e. The number of phenols is 2. The Morgan fingerprint density at radius 1 is 0.611 bits per heavy atom. The molecule has 2 aromatic carbocycles. The number of carboxylic acids is 4. The van der Waals surface area contributed by atoms with E-state index >= 15 is 0 Å². The van der Waals surface area contributed by atoms with Gasteiger partial charge in [0.1, 0.15) is 11.5 Å². The molecular formula is C44H62O10. The van der Waals surface area contributed by atoms with Gasteiger partial charge in [0.2, 0.25) is 0 Å². The number of carbonyl (C=O) groups is 4. The molecule has 10 nitrogen and oxygen atoms in total. The van der Waals surface area contributed by atoms with Crippen molar-refractivity contribution < 1.29 is 49.8 Å². The molecule has 4 rings (SSSR count). The number of hydrogen-bond donors (Lipinski definition) is 6. The van der Waals surface area contributed by atoms with Crippen LogP contribution in [0, 0.1) is 21.7 Å². The lowest BCUT2D eigenvalue weighted by Crippen LogP contribution is -2.23. The summed E-state index contributed by atoms with van der Waals surface area (Å²) in [4.78, 5) is 47.5.